The summed E-state index contributed by atoms with van der Waals surface area (Å²) < 4.78 is 4.82. The SMILES string of the molecule is Cc1noc(NC(=O)NC2C[C@H]3CC[C@@H](C2)C3O)n1. The van der Waals surface area contributed by atoms with Gasteiger partial charge in [-0.1, -0.05) is 5.16 Å². The zero-order chi connectivity index (χ0) is 13.4. The highest BCUT2D eigenvalue weighted by molar-refractivity contribution is 5.87. The maximum atomic E-state index is 11.8. The molecule has 0 radical (unpaired) electrons. The van der Waals surface area contributed by atoms with Gasteiger partial charge >= 0.3 is 12.0 Å². The number of carbonyl (C=O) groups excluding carboxylic acids is 1. The Balaban J connectivity index is 1.53. The van der Waals surface area contributed by atoms with E-state index in [4.69, 9.17) is 4.52 Å². The molecule has 19 heavy (non-hydrogen) atoms. The largest absolute Gasteiger partial charge is 0.393 e. The summed E-state index contributed by atoms with van der Waals surface area (Å²) >= 11 is 0. The predicted molar refractivity (Wildman–Crippen MR) is 66.4 cm³/mol. The van der Waals surface area contributed by atoms with Gasteiger partial charge in [-0.25, -0.2) is 4.79 Å². The third-order valence-electron chi connectivity index (χ3n) is 4.13. The van der Waals surface area contributed by atoms with Gasteiger partial charge in [-0.3, -0.25) is 5.32 Å². The van der Waals surface area contributed by atoms with Crippen LogP contribution in [0.2, 0.25) is 0 Å². The van der Waals surface area contributed by atoms with Crippen LogP contribution in [0.4, 0.5) is 10.8 Å². The van der Waals surface area contributed by atoms with E-state index in [9.17, 15) is 9.90 Å². The van der Waals surface area contributed by atoms with E-state index in [1.165, 1.54) is 0 Å². The molecule has 2 aliphatic rings. The summed E-state index contributed by atoms with van der Waals surface area (Å²) in [6.07, 6.45) is 3.63. The van der Waals surface area contributed by atoms with Gasteiger partial charge in [-0.15, -0.1) is 0 Å². The van der Waals surface area contributed by atoms with Gasteiger partial charge in [0.25, 0.3) is 0 Å². The third-order valence-corrected chi connectivity index (χ3v) is 4.13. The summed E-state index contributed by atoms with van der Waals surface area (Å²) in [5.41, 5.74) is 0. The molecule has 2 amide bonds. The monoisotopic (exact) mass is 266 g/mol. The Morgan fingerprint density at radius 3 is 2.63 bits per heavy atom. The number of aryl methyl sites for hydroxylation is 1. The average Bonchev–Trinajstić information content (AvgIpc) is 2.82. The highest BCUT2D eigenvalue weighted by Crippen LogP contribution is 2.42. The Kier molecular flexibility index (Phi) is 3.14. The van der Waals surface area contributed by atoms with Crippen molar-refractivity contribution in [1.82, 2.24) is 15.5 Å². The normalized spacial score (nSPS) is 33.2. The Morgan fingerprint density at radius 1 is 1.37 bits per heavy atom. The molecule has 2 fully saturated rings. The van der Waals surface area contributed by atoms with Gasteiger partial charge in [0, 0.05) is 6.04 Å². The number of hydrogen-bond acceptors (Lipinski definition) is 5. The second kappa shape index (κ2) is 4.80. The zero-order valence-corrected chi connectivity index (χ0v) is 10.8. The van der Waals surface area contributed by atoms with Gasteiger partial charge in [0.05, 0.1) is 6.10 Å². The molecule has 2 bridgehead atoms. The van der Waals surface area contributed by atoms with E-state index in [-0.39, 0.29) is 24.2 Å². The van der Waals surface area contributed by atoms with Gasteiger partial charge in [-0.2, -0.15) is 4.98 Å². The number of fused-ring (bicyclic) bond motifs is 2. The van der Waals surface area contributed by atoms with Crippen LogP contribution < -0.4 is 10.6 Å². The van der Waals surface area contributed by atoms with Crippen LogP contribution in [0.25, 0.3) is 0 Å². The van der Waals surface area contributed by atoms with Crippen molar-refractivity contribution in [3.63, 3.8) is 0 Å². The first-order valence-electron chi connectivity index (χ1n) is 6.67. The fraction of sp³-hybridized carbons (Fsp3) is 0.750. The lowest BCUT2D eigenvalue weighted by atomic mass is 9.83. The van der Waals surface area contributed by atoms with Gasteiger partial charge in [0.15, 0.2) is 5.82 Å². The van der Waals surface area contributed by atoms with Crippen molar-refractivity contribution in [3.05, 3.63) is 5.82 Å². The van der Waals surface area contributed by atoms with E-state index in [0.29, 0.717) is 17.7 Å². The highest BCUT2D eigenvalue weighted by Gasteiger charge is 2.42. The van der Waals surface area contributed by atoms with Crippen molar-refractivity contribution in [2.24, 2.45) is 11.8 Å². The second-order valence-corrected chi connectivity index (χ2v) is 5.50. The van der Waals surface area contributed by atoms with Crippen molar-refractivity contribution in [2.75, 3.05) is 5.32 Å². The topological polar surface area (TPSA) is 100 Å². The molecule has 1 aromatic rings. The Morgan fingerprint density at radius 2 is 2.05 bits per heavy atom. The first kappa shape index (κ1) is 12.4. The van der Waals surface area contributed by atoms with Crippen molar-refractivity contribution in [1.29, 1.82) is 0 Å². The number of carbonyl (C=O) groups is 1. The van der Waals surface area contributed by atoms with E-state index in [0.717, 1.165) is 25.7 Å². The molecule has 3 rings (SSSR count). The Labute approximate surface area is 110 Å². The van der Waals surface area contributed by atoms with Crippen LogP contribution in [-0.4, -0.2) is 33.4 Å². The molecule has 0 spiro atoms. The molecule has 2 unspecified atom stereocenters. The molecule has 2 aliphatic carbocycles. The van der Waals surface area contributed by atoms with E-state index >= 15 is 0 Å². The van der Waals surface area contributed by atoms with Crippen LogP contribution in [0, 0.1) is 18.8 Å². The number of urea groups is 1. The van der Waals surface area contributed by atoms with E-state index < -0.39 is 0 Å². The summed E-state index contributed by atoms with van der Waals surface area (Å²) in [5.74, 6) is 1.14. The second-order valence-electron chi connectivity index (χ2n) is 5.50. The molecular weight excluding hydrogens is 248 g/mol. The molecule has 0 saturated heterocycles. The Bertz CT molecular complexity index is 461. The van der Waals surface area contributed by atoms with Crippen molar-refractivity contribution >= 4 is 12.0 Å². The summed E-state index contributed by atoms with van der Waals surface area (Å²) in [6, 6.07) is -0.108. The lowest BCUT2D eigenvalue weighted by Crippen LogP contribution is -2.45. The maximum Gasteiger partial charge on any atom is 0.329 e. The number of anilines is 1. The van der Waals surface area contributed by atoms with Crippen LogP contribution in [0.5, 0.6) is 0 Å². The number of hydrogen-bond donors (Lipinski definition) is 3. The molecule has 7 nitrogen and oxygen atoms in total. The van der Waals surface area contributed by atoms with E-state index in [1.54, 1.807) is 6.92 Å². The van der Waals surface area contributed by atoms with Crippen LogP contribution in [-0.2, 0) is 0 Å². The summed E-state index contributed by atoms with van der Waals surface area (Å²) in [6.45, 7) is 1.69. The lowest BCUT2D eigenvalue weighted by Gasteiger charge is -2.32. The van der Waals surface area contributed by atoms with Gasteiger partial charge in [0.2, 0.25) is 0 Å². The number of aliphatic hydroxyl groups excluding tert-OH is 1. The number of amides is 2. The number of nitrogens with zero attached hydrogens (tertiary/aromatic N) is 2. The van der Waals surface area contributed by atoms with Crippen molar-refractivity contribution in [2.45, 2.75) is 44.8 Å². The first-order valence-corrected chi connectivity index (χ1v) is 6.67. The van der Waals surface area contributed by atoms with Crippen LogP contribution >= 0.6 is 0 Å². The van der Waals surface area contributed by atoms with Crippen LogP contribution in [0.1, 0.15) is 31.5 Å². The molecule has 2 saturated carbocycles. The minimum atomic E-state index is -0.329. The molecule has 0 aromatic carbocycles. The van der Waals surface area contributed by atoms with Crippen molar-refractivity contribution < 1.29 is 14.4 Å². The van der Waals surface area contributed by atoms with E-state index in [2.05, 4.69) is 20.8 Å². The molecule has 1 heterocycles. The molecule has 3 N–H and O–H groups in total. The van der Waals surface area contributed by atoms with Crippen molar-refractivity contribution in [3.8, 4) is 0 Å². The molecular formula is C12H18N4O3. The number of rotatable bonds is 2. The van der Waals surface area contributed by atoms with Gasteiger partial charge in [-0.05, 0) is 44.4 Å². The molecule has 0 aliphatic heterocycles. The molecule has 7 heteroatoms. The molecule has 1 aromatic heterocycles. The molecule has 4 atom stereocenters. The summed E-state index contributed by atoms with van der Waals surface area (Å²) in [5, 5.41) is 19.0. The minimum absolute atomic E-state index is 0.105. The smallest absolute Gasteiger partial charge is 0.329 e. The quantitative estimate of drug-likeness (QED) is 0.742. The number of aliphatic hydroxyl groups is 1. The minimum Gasteiger partial charge on any atom is -0.393 e. The lowest BCUT2D eigenvalue weighted by molar-refractivity contribution is 0.0491. The highest BCUT2D eigenvalue weighted by atomic mass is 16.5. The maximum absolute atomic E-state index is 11.8. The van der Waals surface area contributed by atoms with Gasteiger partial charge in [0.1, 0.15) is 0 Å². The third kappa shape index (κ3) is 2.56. The number of nitrogens with one attached hydrogen (secondary N) is 2. The van der Waals surface area contributed by atoms with E-state index in [1.807, 2.05) is 0 Å². The average molecular weight is 266 g/mol. The standard InChI is InChI=1S/C12H18N4O3/c1-6-13-12(19-16-6)15-11(18)14-9-4-7-2-3-8(5-9)10(7)17/h7-10,17H,2-5H2,1H3,(H2,13,14,15,16,18)/t7-,8+,9?,10?. The summed E-state index contributed by atoms with van der Waals surface area (Å²) in [4.78, 5) is 15.7. The number of aromatic nitrogens is 2. The Hall–Kier alpha value is -1.63. The molecule has 104 valence electrons. The van der Waals surface area contributed by atoms with Crippen LogP contribution in [0.3, 0.4) is 0 Å². The van der Waals surface area contributed by atoms with Gasteiger partial charge < -0.3 is 14.9 Å². The fourth-order valence-corrected chi connectivity index (χ4v) is 3.28. The zero-order valence-electron chi connectivity index (χ0n) is 10.8. The summed E-state index contributed by atoms with van der Waals surface area (Å²) in [7, 11) is 0. The fourth-order valence-electron chi connectivity index (χ4n) is 3.28. The first-order chi connectivity index (χ1) is 9.11. The van der Waals surface area contributed by atoms with Crippen LogP contribution in [0.15, 0.2) is 4.52 Å². The predicted octanol–water partition coefficient (Wildman–Crippen LogP) is 1.05.